The summed E-state index contributed by atoms with van der Waals surface area (Å²) in [5.41, 5.74) is 3.69. The van der Waals surface area contributed by atoms with Gasteiger partial charge in [-0.2, -0.15) is 5.10 Å². The van der Waals surface area contributed by atoms with E-state index in [1.165, 1.54) is 12.1 Å². The molecule has 1 heterocycles. The van der Waals surface area contributed by atoms with Gasteiger partial charge in [-0.25, -0.2) is 4.39 Å². The van der Waals surface area contributed by atoms with Crippen molar-refractivity contribution < 1.29 is 9.18 Å². The van der Waals surface area contributed by atoms with Crippen LogP contribution >= 0.6 is 0 Å². The van der Waals surface area contributed by atoms with E-state index in [4.69, 9.17) is 0 Å². The molecule has 0 radical (unpaired) electrons. The minimum atomic E-state index is -0.277. The zero-order valence-corrected chi connectivity index (χ0v) is 14.9. The second kappa shape index (κ2) is 7.95. The number of halogens is 1. The predicted octanol–water partition coefficient (Wildman–Crippen LogP) is 4.04. The van der Waals surface area contributed by atoms with Crippen LogP contribution in [0.2, 0.25) is 0 Å². The topological polar surface area (TPSA) is 46.9 Å². The Labute approximate surface area is 152 Å². The van der Waals surface area contributed by atoms with Gasteiger partial charge in [-0.1, -0.05) is 30.3 Å². The molecule has 134 valence electrons. The Balaban J connectivity index is 1.64. The Bertz CT molecular complexity index is 872. The lowest BCUT2D eigenvalue weighted by Gasteiger charge is -2.14. The molecule has 0 spiro atoms. The van der Waals surface area contributed by atoms with Crippen molar-refractivity contribution in [3.05, 3.63) is 77.7 Å². The number of aryl methyl sites for hydroxylation is 2. The second-order valence-corrected chi connectivity index (χ2v) is 6.38. The van der Waals surface area contributed by atoms with Gasteiger partial charge >= 0.3 is 0 Å². The van der Waals surface area contributed by atoms with Crippen molar-refractivity contribution in [1.29, 1.82) is 0 Å². The number of benzene rings is 2. The fourth-order valence-corrected chi connectivity index (χ4v) is 2.96. The van der Waals surface area contributed by atoms with Crippen LogP contribution in [0.1, 0.15) is 30.5 Å². The maximum Gasteiger partial charge on any atom is 0.220 e. The quantitative estimate of drug-likeness (QED) is 0.729. The molecule has 0 unspecified atom stereocenters. The molecule has 2 aromatic carbocycles. The van der Waals surface area contributed by atoms with Gasteiger partial charge in [0.2, 0.25) is 5.91 Å². The summed E-state index contributed by atoms with van der Waals surface area (Å²) in [5, 5.41) is 7.48. The number of nitrogens with zero attached hydrogens (tertiary/aromatic N) is 2. The zero-order valence-electron chi connectivity index (χ0n) is 14.9. The number of hydrogen-bond acceptors (Lipinski definition) is 2. The molecule has 3 aromatic rings. The molecular formula is C21H22FN3O. The third kappa shape index (κ3) is 4.36. The van der Waals surface area contributed by atoms with E-state index >= 15 is 0 Å². The number of amides is 1. The van der Waals surface area contributed by atoms with Crippen LogP contribution in [0, 0.1) is 5.82 Å². The van der Waals surface area contributed by atoms with Crippen LogP contribution in [-0.2, 0) is 18.3 Å². The average molecular weight is 351 g/mol. The first-order valence-electron chi connectivity index (χ1n) is 8.65. The Hall–Kier alpha value is -2.95. The van der Waals surface area contributed by atoms with Crippen LogP contribution in [0.15, 0.2) is 60.8 Å². The molecule has 1 aromatic heterocycles. The third-order valence-corrected chi connectivity index (χ3v) is 4.32. The summed E-state index contributed by atoms with van der Waals surface area (Å²) in [6.07, 6.45) is 2.86. The van der Waals surface area contributed by atoms with Crippen molar-refractivity contribution in [1.82, 2.24) is 15.1 Å². The maximum atomic E-state index is 13.1. The molecule has 0 aliphatic carbocycles. The number of carbonyl (C=O) groups is 1. The van der Waals surface area contributed by atoms with Gasteiger partial charge in [0.15, 0.2) is 0 Å². The monoisotopic (exact) mass is 351 g/mol. The summed E-state index contributed by atoms with van der Waals surface area (Å²) in [6, 6.07) is 16.1. The Morgan fingerprint density at radius 1 is 1.15 bits per heavy atom. The molecule has 5 heteroatoms. The van der Waals surface area contributed by atoms with Gasteiger partial charge in [0.25, 0.3) is 0 Å². The van der Waals surface area contributed by atoms with Gasteiger partial charge in [-0.3, -0.25) is 9.48 Å². The highest BCUT2D eigenvalue weighted by Crippen LogP contribution is 2.23. The Kier molecular flexibility index (Phi) is 5.46. The molecule has 1 atom stereocenters. The van der Waals surface area contributed by atoms with Gasteiger partial charge < -0.3 is 5.32 Å². The molecular weight excluding hydrogens is 329 g/mol. The minimum Gasteiger partial charge on any atom is -0.350 e. The van der Waals surface area contributed by atoms with E-state index in [0.29, 0.717) is 12.8 Å². The van der Waals surface area contributed by atoms with E-state index in [0.717, 1.165) is 22.4 Å². The van der Waals surface area contributed by atoms with Crippen molar-refractivity contribution in [2.75, 3.05) is 0 Å². The van der Waals surface area contributed by atoms with E-state index in [1.807, 2.05) is 50.5 Å². The number of rotatable bonds is 6. The van der Waals surface area contributed by atoms with E-state index < -0.39 is 0 Å². The highest BCUT2D eigenvalue weighted by Gasteiger charge is 2.14. The molecule has 0 aliphatic heterocycles. The molecule has 4 nitrogen and oxygen atoms in total. The van der Waals surface area contributed by atoms with Crippen molar-refractivity contribution in [3.63, 3.8) is 0 Å². The lowest BCUT2D eigenvalue weighted by atomic mass is 10.0. The zero-order chi connectivity index (χ0) is 18.5. The van der Waals surface area contributed by atoms with Crippen LogP contribution in [0.25, 0.3) is 11.3 Å². The summed E-state index contributed by atoms with van der Waals surface area (Å²) in [5.74, 6) is -0.282. The molecule has 0 fully saturated rings. The average Bonchev–Trinajstić information content (AvgIpc) is 3.02. The van der Waals surface area contributed by atoms with Crippen LogP contribution in [0.4, 0.5) is 4.39 Å². The maximum absolute atomic E-state index is 13.1. The van der Waals surface area contributed by atoms with E-state index in [9.17, 15) is 9.18 Å². The van der Waals surface area contributed by atoms with Gasteiger partial charge in [-0.05, 0) is 48.7 Å². The smallest absolute Gasteiger partial charge is 0.220 e. The number of carbonyl (C=O) groups excluding carboxylic acids is 1. The van der Waals surface area contributed by atoms with Crippen molar-refractivity contribution >= 4 is 5.91 Å². The van der Waals surface area contributed by atoms with Crippen molar-refractivity contribution in [3.8, 4) is 11.3 Å². The van der Waals surface area contributed by atoms with Crippen molar-refractivity contribution in [2.45, 2.75) is 25.8 Å². The van der Waals surface area contributed by atoms with E-state index in [-0.39, 0.29) is 17.8 Å². The number of aromatic nitrogens is 2. The van der Waals surface area contributed by atoms with Crippen LogP contribution in [0.3, 0.4) is 0 Å². The first-order valence-corrected chi connectivity index (χ1v) is 8.65. The second-order valence-electron chi connectivity index (χ2n) is 6.38. The summed E-state index contributed by atoms with van der Waals surface area (Å²) < 4.78 is 14.9. The van der Waals surface area contributed by atoms with E-state index in [2.05, 4.69) is 10.4 Å². The van der Waals surface area contributed by atoms with Gasteiger partial charge in [0, 0.05) is 25.2 Å². The van der Waals surface area contributed by atoms with Gasteiger partial charge in [0.1, 0.15) is 5.82 Å². The lowest BCUT2D eigenvalue weighted by Crippen LogP contribution is -2.26. The highest BCUT2D eigenvalue weighted by molar-refractivity contribution is 5.77. The molecule has 3 rings (SSSR count). The number of nitrogens with one attached hydrogen (secondary N) is 1. The Morgan fingerprint density at radius 2 is 1.85 bits per heavy atom. The summed E-state index contributed by atoms with van der Waals surface area (Å²) in [6.45, 7) is 1.97. The third-order valence-electron chi connectivity index (χ3n) is 4.32. The van der Waals surface area contributed by atoms with Crippen LogP contribution in [0.5, 0.6) is 0 Å². The minimum absolute atomic E-state index is 0.00439. The molecule has 0 bridgehead atoms. The van der Waals surface area contributed by atoms with Crippen LogP contribution in [-0.4, -0.2) is 15.7 Å². The van der Waals surface area contributed by atoms with Crippen LogP contribution < -0.4 is 5.32 Å². The Morgan fingerprint density at radius 3 is 2.54 bits per heavy atom. The molecule has 0 saturated heterocycles. The normalized spacial score (nSPS) is 12.0. The summed E-state index contributed by atoms with van der Waals surface area (Å²) in [4.78, 5) is 12.3. The highest BCUT2D eigenvalue weighted by atomic mass is 19.1. The fourth-order valence-electron chi connectivity index (χ4n) is 2.96. The van der Waals surface area contributed by atoms with Gasteiger partial charge in [0.05, 0.1) is 11.7 Å². The first kappa shape index (κ1) is 17.9. The standard InChI is InChI=1S/C21H22FN3O/c1-15(16-6-4-3-5-7-16)23-20(26)13-10-18-14-25(2)24-21(18)17-8-11-19(22)12-9-17/h3-9,11-12,14-15H,10,13H2,1-2H3,(H,23,26)/t15-/m0/s1. The fraction of sp³-hybridized carbons (Fsp3) is 0.238. The molecule has 0 aliphatic rings. The van der Waals surface area contributed by atoms with Crippen molar-refractivity contribution in [2.24, 2.45) is 7.05 Å². The predicted molar refractivity (Wildman–Crippen MR) is 99.9 cm³/mol. The summed E-state index contributed by atoms with van der Waals surface area (Å²) in [7, 11) is 1.84. The molecule has 26 heavy (non-hydrogen) atoms. The molecule has 0 saturated carbocycles. The molecule has 1 N–H and O–H groups in total. The first-order chi connectivity index (χ1) is 12.5. The summed E-state index contributed by atoms with van der Waals surface area (Å²) >= 11 is 0. The lowest BCUT2D eigenvalue weighted by molar-refractivity contribution is -0.121. The molecule has 1 amide bonds. The number of hydrogen-bond donors (Lipinski definition) is 1. The largest absolute Gasteiger partial charge is 0.350 e. The van der Waals surface area contributed by atoms with Gasteiger partial charge in [-0.15, -0.1) is 0 Å². The van der Waals surface area contributed by atoms with E-state index in [1.54, 1.807) is 16.8 Å². The SMILES string of the molecule is C[C@H](NC(=O)CCc1cn(C)nc1-c1ccc(F)cc1)c1ccccc1.